The molecule has 0 fully saturated rings. The first kappa shape index (κ1) is 15.2. The fraction of sp³-hybridized carbons (Fsp3) is 0.214. The number of carboxylic acid groups (broad SMARTS) is 1. The van der Waals surface area contributed by atoms with Crippen molar-refractivity contribution in [3.05, 3.63) is 47.8 Å². The summed E-state index contributed by atoms with van der Waals surface area (Å²) in [7, 11) is 0. The number of carbonyl (C=O) groups is 1. The van der Waals surface area contributed by atoms with Crippen molar-refractivity contribution in [3.63, 3.8) is 0 Å². The molecule has 1 heterocycles. The summed E-state index contributed by atoms with van der Waals surface area (Å²) in [4.78, 5) is 12.4. The molecule has 7 heteroatoms. The molecule has 110 valence electrons. The van der Waals surface area contributed by atoms with E-state index >= 15 is 0 Å². The standard InChI is InChI=1S/C14H14ClN3O3/c1-2-7-18(9-13(19)20)8-12-16-17-14(21-12)10-3-5-11(15)6-4-10/h2-6H,1,7-9H2,(H,19,20). The normalized spacial score (nSPS) is 10.8. The van der Waals surface area contributed by atoms with E-state index in [1.54, 1.807) is 35.2 Å². The summed E-state index contributed by atoms with van der Waals surface area (Å²) >= 11 is 5.82. The molecule has 0 saturated heterocycles. The minimum Gasteiger partial charge on any atom is -0.480 e. The molecule has 0 aliphatic rings. The van der Waals surface area contributed by atoms with Crippen LogP contribution in [0.4, 0.5) is 0 Å². The molecule has 1 aromatic carbocycles. The van der Waals surface area contributed by atoms with Gasteiger partial charge in [-0.2, -0.15) is 0 Å². The average Bonchev–Trinajstić information content (AvgIpc) is 2.87. The van der Waals surface area contributed by atoms with Gasteiger partial charge in [-0.25, -0.2) is 0 Å². The van der Waals surface area contributed by atoms with Crippen molar-refractivity contribution in [1.82, 2.24) is 15.1 Å². The summed E-state index contributed by atoms with van der Waals surface area (Å²) in [6.45, 7) is 4.15. The van der Waals surface area contributed by atoms with Crippen LogP contribution in [-0.4, -0.2) is 39.3 Å². The van der Waals surface area contributed by atoms with Crippen LogP contribution >= 0.6 is 11.6 Å². The lowest BCUT2D eigenvalue weighted by Crippen LogP contribution is -2.29. The number of hydrogen-bond acceptors (Lipinski definition) is 5. The van der Waals surface area contributed by atoms with Crippen LogP contribution in [0, 0.1) is 0 Å². The second kappa shape index (κ2) is 7.01. The van der Waals surface area contributed by atoms with Crippen LogP contribution in [0.2, 0.25) is 5.02 Å². The molecule has 2 rings (SSSR count). The molecule has 0 aliphatic carbocycles. The quantitative estimate of drug-likeness (QED) is 0.792. The molecule has 21 heavy (non-hydrogen) atoms. The summed E-state index contributed by atoms with van der Waals surface area (Å²) < 4.78 is 5.53. The maximum absolute atomic E-state index is 10.8. The molecule has 1 N–H and O–H groups in total. The highest BCUT2D eigenvalue weighted by atomic mass is 35.5. The molecule has 0 radical (unpaired) electrons. The van der Waals surface area contributed by atoms with E-state index in [0.29, 0.717) is 23.3 Å². The summed E-state index contributed by atoms with van der Waals surface area (Å²) in [5.74, 6) is -0.201. The molecular weight excluding hydrogens is 294 g/mol. The van der Waals surface area contributed by atoms with Gasteiger partial charge in [0.1, 0.15) is 0 Å². The van der Waals surface area contributed by atoms with E-state index in [1.165, 1.54) is 0 Å². The Hall–Kier alpha value is -2.18. The lowest BCUT2D eigenvalue weighted by molar-refractivity contribution is -0.138. The summed E-state index contributed by atoms with van der Waals surface area (Å²) in [6, 6.07) is 7.02. The molecule has 0 aliphatic heterocycles. The zero-order valence-electron chi connectivity index (χ0n) is 11.2. The number of hydrogen-bond donors (Lipinski definition) is 1. The van der Waals surface area contributed by atoms with Crippen LogP contribution in [-0.2, 0) is 11.3 Å². The highest BCUT2D eigenvalue weighted by Gasteiger charge is 2.14. The molecule has 1 aromatic heterocycles. The minimum absolute atomic E-state index is 0.120. The monoisotopic (exact) mass is 307 g/mol. The van der Waals surface area contributed by atoms with Crippen molar-refractivity contribution < 1.29 is 14.3 Å². The Kier molecular flexibility index (Phi) is 5.08. The third kappa shape index (κ3) is 4.40. The van der Waals surface area contributed by atoms with Crippen LogP contribution in [0.5, 0.6) is 0 Å². The molecule has 6 nitrogen and oxygen atoms in total. The fourth-order valence-electron chi connectivity index (χ4n) is 1.78. The van der Waals surface area contributed by atoms with E-state index in [4.69, 9.17) is 21.1 Å². The first-order valence-corrected chi connectivity index (χ1v) is 6.59. The molecule has 0 saturated carbocycles. The Balaban J connectivity index is 2.09. The lowest BCUT2D eigenvalue weighted by Gasteiger charge is -2.15. The van der Waals surface area contributed by atoms with E-state index in [0.717, 1.165) is 5.56 Å². The Morgan fingerprint density at radius 1 is 1.38 bits per heavy atom. The van der Waals surface area contributed by atoms with Crippen molar-refractivity contribution in [2.45, 2.75) is 6.54 Å². The van der Waals surface area contributed by atoms with Gasteiger partial charge in [0.2, 0.25) is 11.8 Å². The second-order valence-electron chi connectivity index (χ2n) is 4.36. The van der Waals surface area contributed by atoms with E-state index in [-0.39, 0.29) is 13.1 Å². The van der Waals surface area contributed by atoms with Crippen molar-refractivity contribution in [2.75, 3.05) is 13.1 Å². The summed E-state index contributed by atoms with van der Waals surface area (Å²) in [6.07, 6.45) is 1.62. The third-order valence-electron chi connectivity index (χ3n) is 2.66. The molecule has 0 spiro atoms. The van der Waals surface area contributed by atoms with Gasteiger partial charge in [0, 0.05) is 17.1 Å². The van der Waals surface area contributed by atoms with Crippen LogP contribution < -0.4 is 0 Å². The number of halogens is 1. The average molecular weight is 308 g/mol. The van der Waals surface area contributed by atoms with Gasteiger partial charge in [-0.05, 0) is 24.3 Å². The predicted molar refractivity (Wildman–Crippen MR) is 77.9 cm³/mol. The van der Waals surface area contributed by atoms with Crippen molar-refractivity contribution >= 4 is 17.6 Å². The summed E-state index contributed by atoms with van der Waals surface area (Å²) in [5, 5.41) is 17.3. The molecule has 2 aromatic rings. The zero-order valence-corrected chi connectivity index (χ0v) is 12.0. The number of nitrogens with zero attached hydrogens (tertiary/aromatic N) is 3. The molecular formula is C14H14ClN3O3. The van der Waals surface area contributed by atoms with Gasteiger partial charge in [0.15, 0.2) is 0 Å². The SMILES string of the molecule is C=CCN(CC(=O)O)Cc1nnc(-c2ccc(Cl)cc2)o1. The van der Waals surface area contributed by atoms with Crippen molar-refractivity contribution in [1.29, 1.82) is 0 Å². The fourth-order valence-corrected chi connectivity index (χ4v) is 1.90. The van der Waals surface area contributed by atoms with Crippen LogP contribution in [0.25, 0.3) is 11.5 Å². The van der Waals surface area contributed by atoms with E-state index < -0.39 is 5.97 Å². The largest absolute Gasteiger partial charge is 0.480 e. The Morgan fingerprint density at radius 2 is 2.10 bits per heavy atom. The summed E-state index contributed by atoms with van der Waals surface area (Å²) in [5.41, 5.74) is 0.756. The molecule has 0 unspecified atom stereocenters. The number of aromatic nitrogens is 2. The smallest absolute Gasteiger partial charge is 0.317 e. The lowest BCUT2D eigenvalue weighted by atomic mass is 10.2. The maximum Gasteiger partial charge on any atom is 0.317 e. The van der Waals surface area contributed by atoms with Gasteiger partial charge in [-0.1, -0.05) is 17.7 Å². The van der Waals surface area contributed by atoms with Crippen LogP contribution in [0.1, 0.15) is 5.89 Å². The van der Waals surface area contributed by atoms with Gasteiger partial charge >= 0.3 is 5.97 Å². The number of aliphatic carboxylic acids is 1. The Labute approximate surface area is 126 Å². The highest BCUT2D eigenvalue weighted by Crippen LogP contribution is 2.20. The van der Waals surface area contributed by atoms with Crippen LogP contribution in [0.15, 0.2) is 41.3 Å². The number of carboxylic acids is 1. The topological polar surface area (TPSA) is 79.5 Å². The van der Waals surface area contributed by atoms with E-state index in [2.05, 4.69) is 16.8 Å². The first-order valence-electron chi connectivity index (χ1n) is 6.22. The Morgan fingerprint density at radius 3 is 2.71 bits per heavy atom. The van der Waals surface area contributed by atoms with Gasteiger partial charge < -0.3 is 9.52 Å². The van der Waals surface area contributed by atoms with E-state index in [9.17, 15) is 4.79 Å². The van der Waals surface area contributed by atoms with Gasteiger partial charge in [-0.15, -0.1) is 16.8 Å². The zero-order chi connectivity index (χ0) is 15.2. The minimum atomic E-state index is -0.922. The predicted octanol–water partition coefficient (Wildman–Crippen LogP) is 2.46. The third-order valence-corrected chi connectivity index (χ3v) is 2.92. The van der Waals surface area contributed by atoms with Gasteiger partial charge in [-0.3, -0.25) is 9.69 Å². The first-order chi connectivity index (χ1) is 10.1. The van der Waals surface area contributed by atoms with Crippen LogP contribution in [0.3, 0.4) is 0 Å². The maximum atomic E-state index is 10.8. The Bertz CT molecular complexity index is 625. The molecule has 0 atom stereocenters. The van der Waals surface area contributed by atoms with E-state index in [1.807, 2.05) is 0 Å². The molecule has 0 bridgehead atoms. The number of rotatable bonds is 7. The number of benzene rings is 1. The van der Waals surface area contributed by atoms with Crippen molar-refractivity contribution in [2.24, 2.45) is 0 Å². The van der Waals surface area contributed by atoms with Gasteiger partial charge in [0.05, 0.1) is 13.1 Å². The molecule has 0 amide bonds. The van der Waals surface area contributed by atoms with Gasteiger partial charge in [0.25, 0.3) is 0 Å². The highest BCUT2D eigenvalue weighted by molar-refractivity contribution is 6.30. The second-order valence-corrected chi connectivity index (χ2v) is 4.80. The van der Waals surface area contributed by atoms with Crippen molar-refractivity contribution in [3.8, 4) is 11.5 Å².